The molecule has 1 aliphatic rings. The normalized spacial score (nSPS) is 28.9. The molecule has 0 unspecified atom stereocenters. The zero-order valence-corrected chi connectivity index (χ0v) is 14.6. The summed E-state index contributed by atoms with van der Waals surface area (Å²) in [4.78, 5) is 0. The van der Waals surface area contributed by atoms with Gasteiger partial charge in [-0.2, -0.15) is 0 Å². The lowest BCUT2D eigenvalue weighted by atomic mass is 9.49. The van der Waals surface area contributed by atoms with Gasteiger partial charge in [-0.15, -0.1) is 11.3 Å². The van der Waals surface area contributed by atoms with Gasteiger partial charge in [0.15, 0.2) is 0 Å². The molecule has 0 aromatic carbocycles. The molecule has 0 amide bonds. The van der Waals surface area contributed by atoms with Crippen LogP contribution in [-0.4, -0.2) is 20.5 Å². The summed E-state index contributed by atoms with van der Waals surface area (Å²) >= 11 is 4.47. The van der Waals surface area contributed by atoms with Crippen LogP contribution in [0, 0.1) is 10.8 Å². The SMILES string of the molecule is CC1(C)C(N)C(C)(C)C1NS(=O)(=O)c1sccc1Br. The molecule has 0 spiro atoms. The Morgan fingerprint density at radius 2 is 1.84 bits per heavy atom. The molecular weight excluding hydrogens is 348 g/mol. The van der Waals surface area contributed by atoms with E-state index in [-0.39, 0.29) is 22.9 Å². The number of hydrogen-bond donors (Lipinski definition) is 2. The first-order valence-electron chi connectivity index (χ1n) is 6.02. The lowest BCUT2D eigenvalue weighted by Crippen LogP contribution is -2.75. The number of rotatable bonds is 3. The van der Waals surface area contributed by atoms with Crippen LogP contribution < -0.4 is 10.5 Å². The highest BCUT2D eigenvalue weighted by atomic mass is 79.9. The molecule has 2 rings (SSSR count). The Kier molecular flexibility index (Phi) is 3.68. The van der Waals surface area contributed by atoms with Gasteiger partial charge >= 0.3 is 0 Å². The molecule has 4 nitrogen and oxygen atoms in total. The molecule has 19 heavy (non-hydrogen) atoms. The Morgan fingerprint density at radius 1 is 1.32 bits per heavy atom. The van der Waals surface area contributed by atoms with Gasteiger partial charge in [0.2, 0.25) is 0 Å². The van der Waals surface area contributed by atoms with Crippen molar-refractivity contribution in [2.45, 2.75) is 44.0 Å². The van der Waals surface area contributed by atoms with Crippen LogP contribution in [-0.2, 0) is 10.0 Å². The number of nitrogens with one attached hydrogen (secondary N) is 1. The Bertz CT molecular complexity index is 577. The van der Waals surface area contributed by atoms with E-state index < -0.39 is 10.0 Å². The lowest BCUT2D eigenvalue weighted by molar-refractivity contribution is -0.0593. The molecule has 1 aromatic heterocycles. The third-order valence-electron chi connectivity index (χ3n) is 4.19. The molecule has 1 saturated carbocycles. The molecule has 108 valence electrons. The van der Waals surface area contributed by atoms with Crippen LogP contribution in [0.3, 0.4) is 0 Å². The quantitative estimate of drug-likeness (QED) is 0.863. The van der Waals surface area contributed by atoms with Crippen LogP contribution in [0.5, 0.6) is 0 Å². The zero-order chi connectivity index (χ0) is 14.6. The minimum absolute atomic E-state index is 0.0283. The number of hydrogen-bond acceptors (Lipinski definition) is 4. The second kappa shape index (κ2) is 4.53. The lowest BCUT2D eigenvalue weighted by Gasteiger charge is -2.62. The van der Waals surface area contributed by atoms with E-state index in [0.717, 1.165) is 0 Å². The van der Waals surface area contributed by atoms with Gasteiger partial charge in [-0.25, -0.2) is 13.1 Å². The molecule has 0 radical (unpaired) electrons. The number of halogens is 1. The van der Waals surface area contributed by atoms with Crippen LogP contribution in [0.4, 0.5) is 0 Å². The fraction of sp³-hybridized carbons (Fsp3) is 0.667. The van der Waals surface area contributed by atoms with Crippen LogP contribution >= 0.6 is 27.3 Å². The first-order valence-corrected chi connectivity index (χ1v) is 9.17. The van der Waals surface area contributed by atoms with Gasteiger partial charge in [0.1, 0.15) is 4.21 Å². The van der Waals surface area contributed by atoms with Gasteiger partial charge in [-0.1, -0.05) is 27.7 Å². The maximum Gasteiger partial charge on any atom is 0.251 e. The van der Waals surface area contributed by atoms with Crippen molar-refractivity contribution in [2.75, 3.05) is 0 Å². The van der Waals surface area contributed by atoms with Crippen molar-refractivity contribution in [1.29, 1.82) is 0 Å². The van der Waals surface area contributed by atoms with E-state index in [4.69, 9.17) is 5.73 Å². The molecule has 0 bridgehead atoms. The fourth-order valence-electron chi connectivity index (χ4n) is 3.16. The minimum atomic E-state index is -3.51. The average molecular weight is 367 g/mol. The molecule has 1 heterocycles. The van der Waals surface area contributed by atoms with Gasteiger partial charge in [0, 0.05) is 16.6 Å². The van der Waals surface area contributed by atoms with E-state index in [1.54, 1.807) is 11.4 Å². The van der Waals surface area contributed by atoms with E-state index in [9.17, 15) is 8.42 Å². The summed E-state index contributed by atoms with van der Waals surface area (Å²) in [5.41, 5.74) is 5.65. The standard InChI is InChI=1S/C12H19BrN2O2S2/c1-11(2)9(14)12(3,4)10(11)15-19(16,17)8-7(13)5-6-18-8/h5-6,9-10,15H,14H2,1-4H3. The van der Waals surface area contributed by atoms with Gasteiger partial charge in [0.05, 0.1) is 0 Å². The Morgan fingerprint density at radius 3 is 2.26 bits per heavy atom. The molecule has 1 aromatic rings. The monoisotopic (exact) mass is 366 g/mol. The maximum atomic E-state index is 12.4. The Balaban J connectivity index is 2.30. The topological polar surface area (TPSA) is 72.2 Å². The first kappa shape index (κ1) is 15.4. The van der Waals surface area contributed by atoms with E-state index in [0.29, 0.717) is 8.68 Å². The van der Waals surface area contributed by atoms with Gasteiger partial charge in [0.25, 0.3) is 10.0 Å². The van der Waals surface area contributed by atoms with Crippen LogP contribution in [0.2, 0.25) is 0 Å². The molecule has 1 aliphatic carbocycles. The Labute approximate surface area is 127 Å². The van der Waals surface area contributed by atoms with E-state index in [1.165, 1.54) is 11.3 Å². The summed E-state index contributed by atoms with van der Waals surface area (Å²) in [5.74, 6) is 0. The molecule has 1 fully saturated rings. The summed E-state index contributed by atoms with van der Waals surface area (Å²) in [7, 11) is -3.51. The third-order valence-corrected chi connectivity index (χ3v) is 8.29. The molecule has 3 N–H and O–H groups in total. The first-order chi connectivity index (χ1) is 8.51. The summed E-state index contributed by atoms with van der Waals surface area (Å²) in [6.45, 7) is 8.00. The van der Waals surface area contributed by atoms with Gasteiger partial charge in [-0.3, -0.25) is 0 Å². The van der Waals surface area contributed by atoms with Crippen LogP contribution in [0.1, 0.15) is 27.7 Å². The molecule has 0 saturated heterocycles. The van der Waals surface area contributed by atoms with Gasteiger partial charge in [-0.05, 0) is 38.2 Å². The largest absolute Gasteiger partial charge is 0.327 e. The number of sulfonamides is 1. The second-order valence-electron chi connectivity index (χ2n) is 6.23. The third kappa shape index (κ3) is 2.29. The Hall–Kier alpha value is 0.0500. The highest BCUT2D eigenvalue weighted by Gasteiger charge is 2.61. The predicted molar refractivity (Wildman–Crippen MR) is 81.7 cm³/mol. The molecule has 0 atom stereocenters. The second-order valence-corrected chi connectivity index (χ2v) is 9.91. The molecule has 0 aliphatic heterocycles. The van der Waals surface area contributed by atoms with Crippen molar-refractivity contribution >= 4 is 37.3 Å². The van der Waals surface area contributed by atoms with E-state index in [2.05, 4.69) is 20.7 Å². The van der Waals surface area contributed by atoms with Gasteiger partial charge < -0.3 is 5.73 Å². The van der Waals surface area contributed by atoms with Crippen molar-refractivity contribution < 1.29 is 8.42 Å². The van der Waals surface area contributed by atoms with Crippen LogP contribution in [0.15, 0.2) is 20.1 Å². The highest BCUT2D eigenvalue weighted by Crippen LogP contribution is 2.53. The molecule has 7 heteroatoms. The number of nitrogens with two attached hydrogens (primary N) is 1. The van der Waals surface area contributed by atoms with E-state index in [1.807, 2.05) is 27.7 Å². The molecular formula is C12H19BrN2O2S2. The average Bonchev–Trinajstić information content (AvgIpc) is 2.72. The minimum Gasteiger partial charge on any atom is -0.327 e. The van der Waals surface area contributed by atoms with Crippen LogP contribution in [0.25, 0.3) is 0 Å². The van der Waals surface area contributed by atoms with E-state index >= 15 is 0 Å². The van der Waals surface area contributed by atoms with Crippen molar-refractivity contribution in [3.05, 3.63) is 15.9 Å². The van der Waals surface area contributed by atoms with Crippen molar-refractivity contribution in [3.63, 3.8) is 0 Å². The predicted octanol–water partition coefficient (Wildman–Crippen LogP) is 2.55. The highest BCUT2D eigenvalue weighted by molar-refractivity contribution is 9.10. The van der Waals surface area contributed by atoms with Crippen molar-refractivity contribution in [2.24, 2.45) is 16.6 Å². The van der Waals surface area contributed by atoms with Crippen molar-refractivity contribution in [1.82, 2.24) is 4.72 Å². The number of thiophene rings is 1. The maximum absolute atomic E-state index is 12.4. The fourth-order valence-corrected chi connectivity index (χ4v) is 7.07. The van der Waals surface area contributed by atoms with Crippen molar-refractivity contribution in [3.8, 4) is 0 Å². The smallest absolute Gasteiger partial charge is 0.251 e. The summed E-state index contributed by atoms with van der Waals surface area (Å²) in [6, 6.07) is 1.54. The zero-order valence-electron chi connectivity index (χ0n) is 11.4. The summed E-state index contributed by atoms with van der Waals surface area (Å²) in [6.07, 6.45) is 0. The summed E-state index contributed by atoms with van der Waals surface area (Å²) < 4.78 is 28.6. The summed E-state index contributed by atoms with van der Waals surface area (Å²) in [5, 5.41) is 1.75.